The third kappa shape index (κ3) is 3.95. The lowest BCUT2D eigenvalue weighted by molar-refractivity contribution is -0.163. The topological polar surface area (TPSA) is 60.8 Å². The second kappa shape index (κ2) is 5.09. The molecule has 11 heavy (non-hydrogen) atoms. The predicted molar refractivity (Wildman–Crippen MR) is 40.5 cm³/mol. The van der Waals surface area contributed by atoms with E-state index in [9.17, 15) is 4.79 Å². The van der Waals surface area contributed by atoms with Crippen molar-refractivity contribution in [1.29, 1.82) is 0 Å². The molecule has 0 spiro atoms. The van der Waals surface area contributed by atoms with Crippen molar-refractivity contribution in [3.05, 3.63) is 0 Å². The molecular weight excluding hydrogens is 146 g/mol. The van der Waals surface area contributed by atoms with E-state index in [1.807, 2.05) is 13.8 Å². The highest BCUT2D eigenvalue weighted by Gasteiger charge is 2.14. The van der Waals surface area contributed by atoms with Gasteiger partial charge in [-0.15, -0.1) is 0 Å². The molecule has 0 fully saturated rings. The van der Waals surface area contributed by atoms with Crippen LogP contribution in [0.4, 0.5) is 0 Å². The molecule has 0 radical (unpaired) electrons. The number of aliphatic carboxylic acids is 1. The van der Waals surface area contributed by atoms with Crippen LogP contribution >= 0.6 is 0 Å². The molecule has 0 atom stereocenters. The minimum absolute atomic E-state index is 0.0360. The van der Waals surface area contributed by atoms with E-state index in [1.54, 1.807) is 0 Å². The van der Waals surface area contributed by atoms with Crippen molar-refractivity contribution >= 4 is 5.97 Å². The number of nitrogens with zero attached hydrogens (tertiary/aromatic N) is 1. The van der Waals surface area contributed by atoms with Crippen molar-refractivity contribution in [2.75, 3.05) is 6.54 Å². The number of hydrogen-bond donors (Lipinski definition) is 2. The summed E-state index contributed by atoms with van der Waals surface area (Å²) in [5.74, 6) is -1.00. The highest BCUT2D eigenvalue weighted by Crippen LogP contribution is 2.04. The van der Waals surface area contributed by atoms with Crippen LogP contribution in [0.1, 0.15) is 26.7 Å². The van der Waals surface area contributed by atoms with E-state index in [2.05, 4.69) is 0 Å². The summed E-state index contributed by atoms with van der Waals surface area (Å²) >= 11 is 0. The summed E-state index contributed by atoms with van der Waals surface area (Å²) < 4.78 is 0. The molecule has 0 aromatic heterocycles. The van der Waals surface area contributed by atoms with Crippen LogP contribution in [-0.4, -0.2) is 33.9 Å². The van der Waals surface area contributed by atoms with Crippen molar-refractivity contribution in [2.45, 2.75) is 32.7 Å². The molecule has 0 saturated carbocycles. The van der Waals surface area contributed by atoms with E-state index in [1.165, 1.54) is 0 Å². The van der Waals surface area contributed by atoms with Crippen LogP contribution in [0.15, 0.2) is 0 Å². The van der Waals surface area contributed by atoms with Crippen molar-refractivity contribution in [1.82, 2.24) is 5.06 Å². The van der Waals surface area contributed by atoms with E-state index < -0.39 is 5.97 Å². The van der Waals surface area contributed by atoms with Gasteiger partial charge in [-0.3, -0.25) is 4.79 Å². The number of rotatable bonds is 5. The zero-order chi connectivity index (χ0) is 8.85. The Bertz CT molecular complexity index is 123. The number of carboxylic acids is 1. The Labute approximate surface area is 66.4 Å². The minimum Gasteiger partial charge on any atom is -0.480 e. The molecular formula is C7H15NO3. The highest BCUT2D eigenvalue weighted by atomic mass is 16.5. The molecule has 4 nitrogen and oxygen atoms in total. The molecule has 0 aromatic carbocycles. The molecule has 0 rings (SSSR count). The molecule has 66 valence electrons. The Balaban J connectivity index is 3.78. The molecule has 0 saturated heterocycles. The maximum absolute atomic E-state index is 10.1. The minimum atomic E-state index is -1.00. The zero-order valence-electron chi connectivity index (χ0n) is 6.95. The van der Waals surface area contributed by atoms with Crippen molar-refractivity contribution in [3.63, 3.8) is 0 Å². The van der Waals surface area contributed by atoms with Crippen LogP contribution in [-0.2, 0) is 4.79 Å². The van der Waals surface area contributed by atoms with Crippen LogP contribution in [0.25, 0.3) is 0 Å². The number of carboxylic acid groups (broad SMARTS) is 1. The number of carbonyl (C=O) groups is 1. The van der Waals surface area contributed by atoms with Gasteiger partial charge >= 0.3 is 5.97 Å². The molecule has 0 amide bonds. The van der Waals surface area contributed by atoms with Crippen molar-refractivity contribution < 1.29 is 15.1 Å². The lowest BCUT2D eigenvalue weighted by Crippen LogP contribution is -2.35. The average Bonchev–Trinajstić information content (AvgIpc) is 1.88. The zero-order valence-corrected chi connectivity index (χ0v) is 6.95. The molecule has 0 heterocycles. The maximum atomic E-state index is 10.1. The first-order chi connectivity index (χ1) is 5.11. The van der Waals surface area contributed by atoms with Gasteiger partial charge in [-0.2, -0.15) is 5.06 Å². The fourth-order valence-electron chi connectivity index (χ4n) is 0.978. The molecule has 0 unspecified atom stereocenters. The highest BCUT2D eigenvalue weighted by molar-refractivity contribution is 5.68. The Kier molecular flexibility index (Phi) is 4.81. The van der Waals surface area contributed by atoms with E-state index in [-0.39, 0.29) is 12.6 Å². The van der Waals surface area contributed by atoms with Crippen LogP contribution in [0, 0.1) is 0 Å². The van der Waals surface area contributed by atoms with Crippen LogP contribution < -0.4 is 0 Å². The Morgan fingerprint density at radius 3 is 2.18 bits per heavy atom. The van der Waals surface area contributed by atoms with Gasteiger partial charge in [-0.05, 0) is 12.8 Å². The first kappa shape index (κ1) is 10.4. The number of hydroxylamine groups is 2. The Morgan fingerprint density at radius 1 is 1.45 bits per heavy atom. The van der Waals surface area contributed by atoms with Crippen molar-refractivity contribution in [2.24, 2.45) is 0 Å². The van der Waals surface area contributed by atoms with E-state index in [4.69, 9.17) is 10.3 Å². The van der Waals surface area contributed by atoms with Gasteiger partial charge in [0.25, 0.3) is 0 Å². The van der Waals surface area contributed by atoms with Gasteiger partial charge in [0.2, 0.25) is 0 Å². The average molecular weight is 161 g/mol. The summed E-state index contributed by atoms with van der Waals surface area (Å²) in [6.07, 6.45) is 1.53. The lowest BCUT2D eigenvalue weighted by atomic mass is 10.2. The van der Waals surface area contributed by atoms with Crippen molar-refractivity contribution in [3.8, 4) is 0 Å². The quantitative estimate of drug-likeness (QED) is 0.589. The fraction of sp³-hybridized carbons (Fsp3) is 0.857. The van der Waals surface area contributed by atoms with Gasteiger partial charge in [0.05, 0.1) is 0 Å². The van der Waals surface area contributed by atoms with E-state index in [0.29, 0.717) is 0 Å². The van der Waals surface area contributed by atoms with Gasteiger partial charge in [0.15, 0.2) is 0 Å². The molecule has 0 aliphatic rings. The predicted octanol–water partition coefficient (Wildman–Crippen LogP) is 0.951. The van der Waals surface area contributed by atoms with Gasteiger partial charge in [0.1, 0.15) is 6.54 Å². The largest absolute Gasteiger partial charge is 0.480 e. The first-order valence-electron chi connectivity index (χ1n) is 3.79. The van der Waals surface area contributed by atoms with Gasteiger partial charge < -0.3 is 10.3 Å². The van der Waals surface area contributed by atoms with Gasteiger partial charge in [-0.25, -0.2) is 0 Å². The summed E-state index contributed by atoms with van der Waals surface area (Å²) in [6, 6.07) is -0.0360. The summed E-state index contributed by atoms with van der Waals surface area (Å²) in [6.45, 7) is 3.53. The van der Waals surface area contributed by atoms with Crippen LogP contribution in [0.5, 0.6) is 0 Å². The molecule has 0 bridgehead atoms. The third-order valence-corrected chi connectivity index (χ3v) is 1.66. The molecule has 2 N–H and O–H groups in total. The van der Waals surface area contributed by atoms with Gasteiger partial charge in [0, 0.05) is 6.04 Å². The second-order valence-electron chi connectivity index (χ2n) is 2.46. The normalized spacial score (nSPS) is 11.0. The smallest absolute Gasteiger partial charge is 0.320 e. The maximum Gasteiger partial charge on any atom is 0.320 e. The molecule has 0 aliphatic carbocycles. The van der Waals surface area contributed by atoms with Gasteiger partial charge in [-0.1, -0.05) is 13.8 Å². The van der Waals surface area contributed by atoms with E-state index in [0.717, 1.165) is 17.9 Å². The molecule has 0 aromatic rings. The summed E-state index contributed by atoms with van der Waals surface area (Å²) in [4.78, 5) is 10.1. The Hall–Kier alpha value is -0.610. The van der Waals surface area contributed by atoms with E-state index >= 15 is 0 Å². The lowest BCUT2D eigenvalue weighted by Gasteiger charge is -2.21. The second-order valence-corrected chi connectivity index (χ2v) is 2.46. The summed E-state index contributed by atoms with van der Waals surface area (Å²) in [7, 11) is 0. The monoisotopic (exact) mass is 161 g/mol. The van der Waals surface area contributed by atoms with Crippen LogP contribution in [0.3, 0.4) is 0 Å². The molecule has 4 heteroatoms. The Morgan fingerprint density at radius 2 is 1.91 bits per heavy atom. The summed E-state index contributed by atoms with van der Waals surface area (Å²) in [5, 5.41) is 18.3. The standard InChI is InChI=1S/C7H15NO3/c1-3-6(4-2)8(11)5-7(9)10/h6,11H,3-5H2,1-2H3,(H,9,10). The number of hydrogen-bond acceptors (Lipinski definition) is 3. The SMILES string of the molecule is CCC(CC)N(O)CC(=O)O. The summed E-state index contributed by atoms with van der Waals surface area (Å²) in [5.41, 5.74) is 0. The van der Waals surface area contributed by atoms with Crippen LogP contribution in [0.2, 0.25) is 0 Å². The third-order valence-electron chi connectivity index (χ3n) is 1.66. The fourth-order valence-corrected chi connectivity index (χ4v) is 0.978. The first-order valence-corrected chi connectivity index (χ1v) is 3.79. The molecule has 0 aliphatic heterocycles.